The monoisotopic (exact) mass is 214 g/mol. The third kappa shape index (κ3) is 2.58. The molecule has 1 aromatic heterocycles. The van der Waals surface area contributed by atoms with Crippen molar-refractivity contribution in [2.24, 2.45) is 0 Å². The lowest BCUT2D eigenvalue weighted by atomic mass is 10.1. The van der Waals surface area contributed by atoms with Gasteiger partial charge in [-0.05, 0) is 12.6 Å². The van der Waals surface area contributed by atoms with Gasteiger partial charge in [0.05, 0.1) is 6.20 Å². The van der Waals surface area contributed by atoms with Crippen LogP contribution in [0.5, 0.6) is 0 Å². The second-order valence-corrected chi connectivity index (χ2v) is 3.46. The number of hydrogen-bond acceptors (Lipinski definition) is 3. The Balaban J connectivity index is 2.11. The summed E-state index contributed by atoms with van der Waals surface area (Å²) >= 11 is 0. The van der Waals surface area contributed by atoms with Gasteiger partial charge in [0.15, 0.2) is 5.76 Å². The Labute approximate surface area is 94.8 Å². The maximum Gasteiger partial charge on any atom is 0.166 e. The van der Waals surface area contributed by atoms with Crippen LogP contribution in [0.1, 0.15) is 5.56 Å². The Hall–Kier alpha value is -1.87. The predicted octanol–water partition coefficient (Wildman–Crippen LogP) is 2.57. The molecule has 16 heavy (non-hydrogen) atoms. The topological polar surface area (TPSA) is 38.1 Å². The zero-order chi connectivity index (χ0) is 11.2. The van der Waals surface area contributed by atoms with Crippen molar-refractivity contribution in [3.8, 4) is 11.3 Å². The molecule has 0 atom stereocenters. The molecule has 1 N–H and O–H groups in total. The summed E-state index contributed by atoms with van der Waals surface area (Å²) in [6.45, 7) is 0.879. The van der Waals surface area contributed by atoms with Gasteiger partial charge in [0.1, 0.15) is 0 Å². The Morgan fingerprint density at radius 3 is 2.69 bits per heavy atom. The molecule has 3 heteroatoms. The predicted molar refractivity (Wildman–Crippen MR) is 64.9 cm³/mol. The average Bonchev–Trinajstić information content (AvgIpc) is 2.84. The molecule has 0 aliphatic carbocycles. The van der Waals surface area contributed by atoms with Gasteiger partial charge in [-0.1, -0.05) is 41.6 Å². The molecule has 0 bridgehead atoms. The Morgan fingerprint density at radius 1 is 1.25 bits per heavy atom. The molecular formula is C13H14N2O. The van der Waals surface area contributed by atoms with Gasteiger partial charge >= 0.3 is 0 Å². The number of likely N-dealkylation sites (N-methyl/N-ethyl adjacent to an activating group) is 1. The van der Waals surface area contributed by atoms with Crippen LogP contribution >= 0.6 is 0 Å². The van der Waals surface area contributed by atoms with E-state index in [4.69, 9.17) is 4.52 Å². The summed E-state index contributed by atoms with van der Waals surface area (Å²) < 4.78 is 5.08. The van der Waals surface area contributed by atoms with Crippen LogP contribution < -0.4 is 5.32 Å². The van der Waals surface area contributed by atoms with E-state index in [1.54, 1.807) is 6.20 Å². The maximum absolute atomic E-state index is 5.08. The fourth-order valence-electron chi connectivity index (χ4n) is 1.44. The van der Waals surface area contributed by atoms with Crippen molar-refractivity contribution in [2.75, 3.05) is 13.6 Å². The number of hydrogen-bond donors (Lipinski definition) is 1. The van der Waals surface area contributed by atoms with Crippen LogP contribution in [-0.2, 0) is 0 Å². The minimum Gasteiger partial charge on any atom is -0.356 e. The van der Waals surface area contributed by atoms with Crippen molar-refractivity contribution < 1.29 is 4.52 Å². The van der Waals surface area contributed by atoms with Crippen molar-refractivity contribution in [1.82, 2.24) is 10.5 Å². The van der Waals surface area contributed by atoms with E-state index in [1.807, 2.05) is 25.2 Å². The number of nitrogens with zero attached hydrogens (tertiary/aromatic N) is 1. The molecule has 2 rings (SSSR count). The molecule has 3 nitrogen and oxygen atoms in total. The second kappa shape index (κ2) is 5.28. The van der Waals surface area contributed by atoms with Crippen molar-refractivity contribution in [1.29, 1.82) is 0 Å². The molecule has 1 aromatic carbocycles. The summed E-state index contributed by atoms with van der Waals surface area (Å²) in [5.74, 6) is 0.797. The summed E-state index contributed by atoms with van der Waals surface area (Å²) in [4.78, 5) is 0. The van der Waals surface area contributed by atoms with E-state index in [-0.39, 0.29) is 0 Å². The molecule has 0 aliphatic heterocycles. The van der Waals surface area contributed by atoms with Crippen LogP contribution in [0.2, 0.25) is 0 Å². The first-order valence-electron chi connectivity index (χ1n) is 5.22. The normalized spacial score (nSPS) is 11.1. The van der Waals surface area contributed by atoms with Gasteiger partial charge < -0.3 is 9.84 Å². The molecular weight excluding hydrogens is 200 g/mol. The number of benzene rings is 1. The van der Waals surface area contributed by atoms with Gasteiger partial charge in [-0.15, -0.1) is 0 Å². The van der Waals surface area contributed by atoms with Crippen molar-refractivity contribution in [2.45, 2.75) is 0 Å². The average molecular weight is 214 g/mol. The molecule has 0 spiro atoms. The SMILES string of the molecule is CNCC=Cc1ccc(-c2ccno2)cc1. The number of nitrogens with one attached hydrogen (secondary N) is 1. The molecule has 0 radical (unpaired) electrons. The lowest BCUT2D eigenvalue weighted by molar-refractivity contribution is 0.432. The van der Waals surface area contributed by atoms with Crippen LogP contribution in [0.4, 0.5) is 0 Å². The van der Waals surface area contributed by atoms with Crippen LogP contribution in [-0.4, -0.2) is 18.7 Å². The van der Waals surface area contributed by atoms with E-state index in [9.17, 15) is 0 Å². The Kier molecular flexibility index (Phi) is 3.51. The summed E-state index contributed by atoms with van der Waals surface area (Å²) in [5.41, 5.74) is 2.22. The number of aromatic nitrogens is 1. The van der Waals surface area contributed by atoms with E-state index in [0.29, 0.717) is 0 Å². The molecule has 1 heterocycles. The van der Waals surface area contributed by atoms with Gasteiger partial charge in [-0.25, -0.2) is 0 Å². The van der Waals surface area contributed by atoms with Gasteiger partial charge in [-0.2, -0.15) is 0 Å². The lowest BCUT2D eigenvalue weighted by Gasteiger charge is -1.97. The first-order valence-corrected chi connectivity index (χ1v) is 5.22. The fourth-order valence-corrected chi connectivity index (χ4v) is 1.44. The van der Waals surface area contributed by atoms with Crippen molar-refractivity contribution in [3.05, 3.63) is 48.2 Å². The summed E-state index contributed by atoms with van der Waals surface area (Å²) in [6, 6.07) is 10.0. The first-order chi connectivity index (χ1) is 7.90. The zero-order valence-corrected chi connectivity index (χ0v) is 9.18. The lowest BCUT2D eigenvalue weighted by Crippen LogP contribution is -2.03. The zero-order valence-electron chi connectivity index (χ0n) is 9.18. The van der Waals surface area contributed by atoms with Crippen molar-refractivity contribution in [3.63, 3.8) is 0 Å². The first kappa shape index (κ1) is 10.6. The largest absolute Gasteiger partial charge is 0.356 e. The Morgan fingerprint density at radius 2 is 2.06 bits per heavy atom. The second-order valence-electron chi connectivity index (χ2n) is 3.46. The quantitative estimate of drug-likeness (QED) is 0.850. The molecule has 82 valence electrons. The standard InChI is InChI=1S/C13H14N2O/c1-14-9-2-3-11-4-6-12(7-5-11)13-8-10-15-16-13/h2-8,10,14H,9H2,1H3. The summed E-state index contributed by atoms with van der Waals surface area (Å²) in [6.07, 6.45) is 5.82. The Bertz CT molecular complexity index is 443. The van der Waals surface area contributed by atoms with E-state index < -0.39 is 0 Å². The molecule has 0 saturated carbocycles. The van der Waals surface area contributed by atoms with Crippen LogP contribution in [0.15, 0.2) is 47.1 Å². The van der Waals surface area contributed by atoms with E-state index in [1.165, 1.54) is 5.56 Å². The number of rotatable bonds is 4. The highest BCUT2D eigenvalue weighted by Crippen LogP contribution is 2.19. The molecule has 0 unspecified atom stereocenters. The maximum atomic E-state index is 5.08. The molecule has 0 amide bonds. The minimum absolute atomic E-state index is 0.797. The molecule has 0 aliphatic rings. The van der Waals surface area contributed by atoms with Crippen LogP contribution in [0.25, 0.3) is 17.4 Å². The molecule has 0 saturated heterocycles. The van der Waals surface area contributed by atoms with Gasteiger partial charge in [0.25, 0.3) is 0 Å². The smallest absolute Gasteiger partial charge is 0.166 e. The highest BCUT2D eigenvalue weighted by atomic mass is 16.5. The minimum atomic E-state index is 0.797. The highest BCUT2D eigenvalue weighted by Gasteiger charge is 1.99. The third-order valence-electron chi connectivity index (χ3n) is 2.27. The molecule has 2 aromatic rings. The fraction of sp³-hybridized carbons (Fsp3) is 0.154. The molecule has 0 fully saturated rings. The van der Waals surface area contributed by atoms with E-state index in [0.717, 1.165) is 17.9 Å². The summed E-state index contributed by atoms with van der Waals surface area (Å²) in [7, 11) is 1.93. The summed E-state index contributed by atoms with van der Waals surface area (Å²) in [5, 5.41) is 6.75. The van der Waals surface area contributed by atoms with Crippen molar-refractivity contribution >= 4 is 6.08 Å². The van der Waals surface area contributed by atoms with Gasteiger partial charge in [-0.3, -0.25) is 0 Å². The van der Waals surface area contributed by atoms with Crippen LogP contribution in [0.3, 0.4) is 0 Å². The van der Waals surface area contributed by atoms with Crippen LogP contribution in [0, 0.1) is 0 Å². The van der Waals surface area contributed by atoms with Gasteiger partial charge in [0, 0.05) is 18.2 Å². The third-order valence-corrected chi connectivity index (χ3v) is 2.27. The highest BCUT2D eigenvalue weighted by molar-refractivity contribution is 5.60. The van der Waals surface area contributed by atoms with Gasteiger partial charge in [0.2, 0.25) is 0 Å². The van der Waals surface area contributed by atoms with E-state index >= 15 is 0 Å². The van der Waals surface area contributed by atoms with E-state index in [2.05, 4.69) is 34.8 Å².